The third-order valence-electron chi connectivity index (χ3n) is 5.04. The monoisotopic (exact) mass is 258 g/mol. The molecule has 1 aliphatic carbocycles. The molecule has 1 saturated carbocycles. The molecule has 0 nitrogen and oxygen atoms in total. The number of benzene rings is 1. The van der Waals surface area contributed by atoms with Gasteiger partial charge in [-0.3, -0.25) is 0 Å². The summed E-state index contributed by atoms with van der Waals surface area (Å²) < 4.78 is 0. The zero-order valence-electron chi connectivity index (χ0n) is 12.9. The topological polar surface area (TPSA) is 0 Å². The Balaban J connectivity index is 2.25. The van der Waals surface area contributed by atoms with Crippen molar-refractivity contribution in [3.63, 3.8) is 0 Å². The van der Waals surface area contributed by atoms with E-state index < -0.39 is 0 Å². The Kier molecular flexibility index (Phi) is 5.48. The molecule has 0 atom stereocenters. The van der Waals surface area contributed by atoms with Gasteiger partial charge in [-0.2, -0.15) is 0 Å². The second kappa shape index (κ2) is 7.12. The molecule has 0 heterocycles. The second-order valence-corrected chi connectivity index (χ2v) is 6.31. The molecule has 0 bridgehead atoms. The standard InChI is InChI=1S/C19H30/c1-3-5-9-14-19(15-10-6-11-16-19)18-13-8-7-12-17(18)4-2/h7-8,12-13H,3-6,9-11,14-16H2,1-2H3. The van der Waals surface area contributed by atoms with Crippen molar-refractivity contribution in [3.05, 3.63) is 35.4 Å². The van der Waals surface area contributed by atoms with Gasteiger partial charge in [-0.1, -0.05) is 76.6 Å². The van der Waals surface area contributed by atoms with Crippen molar-refractivity contribution in [1.29, 1.82) is 0 Å². The molecular formula is C19H30. The molecule has 0 heteroatoms. The van der Waals surface area contributed by atoms with Gasteiger partial charge >= 0.3 is 0 Å². The molecule has 0 radical (unpaired) electrons. The fraction of sp³-hybridized carbons (Fsp3) is 0.684. The number of aryl methyl sites for hydroxylation is 1. The summed E-state index contributed by atoms with van der Waals surface area (Å²) in [5, 5.41) is 0. The van der Waals surface area contributed by atoms with Gasteiger partial charge in [-0.15, -0.1) is 0 Å². The van der Waals surface area contributed by atoms with E-state index in [1.54, 1.807) is 11.1 Å². The van der Waals surface area contributed by atoms with E-state index in [1.807, 2.05) is 0 Å². The largest absolute Gasteiger partial charge is 0.0654 e. The van der Waals surface area contributed by atoms with Gasteiger partial charge in [0, 0.05) is 0 Å². The summed E-state index contributed by atoms with van der Waals surface area (Å²) in [4.78, 5) is 0. The van der Waals surface area contributed by atoms with E-state index in [2.05, 4.69) is 38.1 Å². The summed E-state index contributed by atoms with van der Waals surface area (Å²) in [6, 6.07) is 9.25. The zero-order chi connectivity index (χ0) is 13.6. The van der Waals surface area contributed by atoms with Gasteiger partial charge in [0.05, 0.1) is 0 Å². The Morgan fingerprint density at radius 2 is 1.68 bits per heavy atom. The highest BCUT2D eigenvalue weighted by molar-refractivity contribution is 5.35. The normalized spacial score (nSPS) is 18.4. The van der Waals surface area contributed by atoms with E-state index in [9.17, 15) is 0 Å². The molecule has 1 aromatic carbocycles. The van der Waals surface area contributed by atoms with Gasteiger partial charge < -0.3 is 0 Å². The lowest BCUT2D eigenvalue weighted by Gasteiger charge is -2.39. The lowest BCUT2D eigenvalue weighted by molar-refractivity contribution is 0.264. The van der Waals surface area contributed by atoms with Gasteiger partial charge in [0.2, 0.25) is 0 Å². The van der Waals surface area contributed by atoms with Crippen molar-refractivity contribution in [2.45, 2.75) is 83.5 Å². The zero-order valence-corrected chi connectivity index (χ0v) is 12.9. The van der Waals surface area contributed by atoms with Gasteiger partial charge in [0.1, 0.15) is 0 Å². The summed E-state index contributed by atoms with van der Waals surface area (Å²) in [7, 11) is 0. The van der Waals surface area contributed by atoms with Crippen LogP contribution in [0, 0.1) is 0 Å². The minimum atomic E-state index is 0.514. The maximum atomic E-state index is 2.43. The second-order valence-electron chi connectivity index (χ2n) is 6.31. The quantitative estimate of drug-likeness (QED) is 0.546. The van der Waals surface area contributed by atoms with Crippen LogP contribution in [0.3, 0.4) is 0 Å². The van der Waals surface area contributed by atoms with Crippen molar-refractivity contribution >= 4 is 0 Å². The predicted octanol–water partition coefficient (Wildman–Crippen LogP) is 6.03. The van der Waals surface area contributed by atoms with Crippen LogP contribution in [0.5, 0.6) is 0 Å². The van der Waals surface area contributed by atoms with Gasteiger partial charge in [-0.05, 0) is 42.2 Å². The maximum absolute atomic E-state index is 2.43. The van der Waals surface area contributed by atoms with Crippen LogP contribution in [-0.2, 0) is 11.8 Å². The van der Waals surface area contributed by atoms with Crippen LogP contribution in [-0.4, -0.2) is 0 Å². The molecular weight excluding hydrogens is 228 g/mol. The van der Waals surface area contributed by atoms with Crippen LogP contribution in [0.25, 0.3) is 0 Å². The molecule has 0 unspecified atom stereocenters. The molecule has 1 fully saturated rings. The van der Waals surface area contributed by atoms with Crippen molar-refractivity contribution in [2.75, 3.05) is 0 Å². The van der Waals surface area contributed by atoms with E-state index in [-0.39, 0.29) is 0 Å². The average Bonchev–Trinajstić information content (AvgIpc) is 2.48. The fourth-order valence-corrected chi connectivity index (χ4v) is 3.94. The smallest absolute Gasteiger partial charge is 0.00442 e. The third kappa shape index (κ3) is 3.41. The van der Waals surface area contributed by atoms with E-state index in [1.165, 1.54) is 64.2 Å². The van der Waals surface area contributed by atoms with E-state index >= 15 is 0 Å². The Morgan fingerprint density at radius 3 is 2.37 bits per heavy atom. The van der Waals surface area contributed by atoms with Crippen LogP contribution in [0.4, 0.5) is 0 Å². The highest BCUT2D eigenvalue weighted by Gasteiger charge is 2.34. The summed E-state index contributed by atoms with van der Waals surface area (Å²) >= 11 is 0. The molecule has 0 aliphatic heterocycles. The highest BCUT2D eigenvalue weighted by atomic mass is 14.4. The summed E-state index contributed by atoms with van der Waals surface area (Å²) in [6.07, 6.45) is 13.9. The molecule has 19 heavy (non-hydrogen) atoms. The number of rotatable bonds is 6. The van der Waals surface area contributed by atoms with Crippen LogP contribution in [0.1, 0.15) is 82.8 Å². The lowest BCUT2D eigenvalue weighted by Crippen LogP contribution is -2.30. The third-order valence-corrected chi connectivity index (χ3v) is 5.04. The predicted molar refractivity (Wildman–Crippen MR) is 84.7 cm³/mol. The molecule has 106 valence electrons. The average molecular weight is 258 g/mol. The lowest BCUT2D eigenvalue weighted by atomic mass is 9.65. The molecule has 0 aromatic heterocycles. The Hall–Kier alpha value is -0.780. The molecule has 0 spiro atoms. The summed E-state index contributed by atoms with van der Waals surface area (Å²) in [6.45, 7) is 4.62. The van der Waals surface area contributed by atoms with Crippen molar-refractivity contribution < 1.29 is 0 Å². The Bertz CT molecular complexity index is 371. The molecule has 1 aromatic rings. The SMILES string of the molecule is CCCCCC1(c2ccccc2CC)CCCCC1. The first kappa shape index (κ1) is 14.6. The number of hydrogen-bond acceptors (Lipinski definition) is 0. The van der Waals surface area contributed by atoms with E-state index in [0.717, 1.165) is 0 Å². The first-order valence-electron chi connectivity index (χ1n) is 8.41. The van der Waals surface area contributed by atoms with Gasteiger partial charge in [0.15, 0.2) is 0 Å². The van der Waals surface area contributed by atoms with Crippen molar-refractivity contribution in [2.24, 2.45) is 0 Å². The first-order valence-corrected chi connectivity index (χ1v) is 8.41. The number of unbranched alkanes of at least 4 members (excludes halogenated alkanes) is 2. The summed E-state index contributed by atoms with van der Waals surface area (Å²) in [5.74, 6) is 0. The van der Waals surface area contributed by atoms with E-state index in [4.69, 9.17) is 0 Å². The summed E-state index contributed by atoms with van der Waals surface area (Å²) in [5.41, 5.74) is 3.80. The molecule has 0 amide bonds. The van der Waals surface area contributed by atoms with Crippen molar-refractivity contribution in [1.82, 2.24) is 0 Å². The molecule has 0 N–H and O–H groups in total. The first-order chi connectivity index (χ1) is 9.32. The molecule has 1 aliphatic rings. The van der Waals surface area contributed by atoms with Gasteiger partial charge in [0.25, 0.3) is 0 Å². The Morgan fingerprint density at radius 1 is 0.947 bits per heavy atom. The fourth-order valence-electron chi connectivity index (χ4n) is 3.94. The van der Waals surface area contributed by atoms with Crippen LogP contribution in [0.15, 0.2) is 24.3 Å². The van der Waals surface area contributed by atoms with Gasteiger partial charge in [-0.25, -0.2) is 0 Å². The Labute approximate surface area is 119 Å². The molecule has 0 saturated heterocycles. The highest BCUT2D eigenvalue weighted by Crippen LogP contribution is 2.44. The van der Waals surface area contributed by atoms with Crippen LogP contribution >= 0.6 is 0 Å². The van der Waals surface area contributed by atoms with Crippen LogP contribution < -0.4 is 0 Å². The number of hydrogen-bond donors (Lipinski definition) is 0. The minimum absolute atomic E-state index is 0.514. The van der Waals surface area contributed by atoms with E-state index in [0.29, 0.717) is 5.41 Å². The van der Waals surface area contributed by atoms with Crippen molar-refractivity contribution in [3.8, 4) is 0 Å². The minimum Gasteiger partial charge on any atom is -0.0654 e. The van der Waals surface area contributed by atoms with Crippen LogP contribution in [0.2, 0.25) is 0 Å². The molecule has 2 rings (SSSR count). The maximum Gasteiger partial charge on any atom is -0.00442 e.